The lowest BCUT2D eigenvalue weighted by Gasteiger charge is -2.19. The van der Waals surface area contributed by atoms with Gasteiger partial charge in [-0.2, -0.15) is 10.5 Å². The van der Waals surface area contributed by atoms with Gasteiger partial charge in [0.15, 0.2) is 0 Å². The van der Waals surface area contributed by atoms with E-state index in [1.165, 1.54) is 0 Å². The van der Waals surface area contributed by atoms with E-state index in [4.69, 9.17) is 22.1 Å². The Kier molecular flexibility index (Phi) is 4.82. The number of nitriles is 2. The molecule has 1 unspecified atom stereocenters. The molecular weight excluding hydrogens is 282 g/mol. The number of hydrogen-bond acceptors (Lipinski definition) is 3. The first-order valence-corrected chi connectivity index (χ1v) is 7.02. The maximum absolute atomic E-state index is 9.07. The van der Waals surface area contributed by atoms with E-state index in [0.29, 0.717) is 16.1 Å². The molecule has 2 aromatic rings. The second-order valence-corrected chi connectivity index (χ2v) is 5.08. The zero-order valence-electron chi connectivity index (χ0n) is 11.6. The van der Waals surface area contributed by atoms with Crippen molar-refractivity contribution in [3.8, 4) is 12.1 Å². The standard InChI is InChI=1S/C17H14ClN3/c1-2-17(12-4-3-5-15(18)8-12)21-16-7-6-13(10-19)14(9-16)11-20/h3-9,17,21H,2H2,1H3. The largest absolute Gasteiger partial charge is 0.378 e. The molecule has 0 aliphatic heterocycles. The number of hydrogen-bond donors (Lipinski definition) is 1. The predicted octanol–water partition coefficient (Wildman–Crippen LogP) is 4.65. The molecule has 0 fully saturated rings. The molecule has 21 heavy (non-hydrogen) atoms. The van der Waals surface area contributed by atoms with Crippen molar-refractivity contribution in [3.05, 3.63) is 64.2 Å². The Balaban J connectivity index is 2.28. The summed E-state index contributed by atoms with van der Waals surface area (Å²) in [5.74, 6) is 0. The smallest absolute Gasteiger partial charge is 0.101 e. The molecule has 0 aliphatic rings. The molecular formula is C17H14ClN3. The molecule has 0 amide bonds. The van der Waals surface area contributed by atoms with Crippen LogP contribution in [0.2, 0.25) is 5.02 Å². The molecule has 104 valence electrons. The summed E-state index contributed by atoms with van der Waals surface area (Å²) in [6.07, 6.45) is 0.877. The molecule has 1 atom stereocenters. The van der Waals surface area contributed by atoms with Crippen LogP contribution in [0.15, 0.2) is 42.5 Å². The van der Waals surface area contributed by atoms with Crippen LogP contribution in [0.5, 0.6) is 0 Å². The van der Waals surface area contributed by atoms with Gasteiger partial charge in [-0.1, -0.05) is 30.7 Å². The van der Waals surface area contributed by atoms with Crippen LogP contribution in [0.4, 0.5) is 5.69 Å². The summed E-state index contributed by atoms with van der Waals surface area (Å²) in [4.78, 5) is 0. The third-order valence-corrected chi connectivity index (χ3v) is 3.50. The maximum Gasteiger partial charge on any atom is 0.101 e. The zero-order valence-corrected chi connectivity index (χ0v) is 12.4. The molecule has 0 bridgehead atoms. The van der Waals surface area contributed by atoms with Gasteiger partial charge >= 0.3 is 0 Å². The average Bonchev–Trinajstić information content (AvgIpc) is 2.52. The fourth-order valence-corrected chi connectivity index (χ4v) is 2.37. The number of nitrogens with zero attached hydrogens (tertiary/aromatic N) is 2. The van der Waals surface area contributed by atoms with E-state index in [0.717, 1.165) is 17.7 Å². The second-order valence-electron chi connectivity index (χ2n) is 4.64. The Hall–Kier alpha value is -2.49. The topological polar surface area (TPSA) is 59.6 Å². The van der Waals surface area contributed by atoms with Crippen LogP contribution in [-0.4, -0.2) is 0 Å². The Morgan fingerprint density at radius 3 is 2.48 bits per heavy atom. The van der Waals surface area contributed by atoms with Gasteiger partial charge in [-0.05, 0) is 42.3 Å². The normalized spacial score (nSPS) is 11.2. The van der Waals surface area contributed by atoms with Gasteiger partial charge in [0.1, 0.15) is 12.1 Å². The van der Waals surface area contributed by atoms with Crippen molar-refractivity contribution in [1.29, 1.82) is 10.5 Å². The van der Waals surface area contributed by atoms with Crippen molar-refractivity contribution in [2.24, 2.45) is 0 Å². The third kappa shape index (κ3) is 3.54. The summed E-state index contributed by atoms with van der Waals surface area (Å²) in [5.41, 5.74) is 2.67. The van der Waals surface area contributed by atoms with Gasteiger partial charge in [0, 0.05) is 10.7 Å². The number of benzene rings is 2. The highest BCUT2D eigenvalue weighted by Gasteiger charge is 2.11. The van der Waals surface area contributed by atoms with Gasteiger partial charge in [-0.3, -0.25) is 0 Å². The third-order valence-electron chi connectivity index (χ3n) is 3.26. The highest BCUT2D eigenvalue weighted by Crippen LogP contribution is 2.25. The average molecular weight is 296 g/mol. The first kappa shape index (κ1) is 14.9. The molecule has 0 radical (unpaired) electrons. The van der Waals surface area contributed by atoms with Crippen molar-refractivity contribution in [3.63, 3.8) is 0 Å². The van der Waals surface area contributed by atoms with Crippen LogP contribution in [0.3, 0.4) is 0 Å². The van der Waals surface area contributed by atoms with Gasteiger partial charge < -0.3 is 5.32 Å². The van der Waals surface area contributed by atoms with Crippen molar-refractivity contribution in [2.75, 3.05) is 5.32 Å². The molecule has 2 rings (SSSR count). The van der Waals surface area contributed by atoms with Gasteiger partial charge in [-0.15, -0.1) is 0 Å². The van der Waals surface area contributed by atoms with Gasteiger partial charge in [0.25, 0.3) is 0 Å². The van der Waals surface area contributed by atoms with Gasteiger partial charge in [-0.25, -0.2) is 0 Å². The summed E-state index contributed by atoms with van der Waals surface area (Å²) in [6.45, 7) is 2.08. The lowest BCUT2D eigenvalue weighted by Crippen LogP contribution is -2.09. The highest BCUT2D eigenvalue weighted by atomic mass is 35.5. The maximum atomic E-state index is 9.07. The van der Waals surface area contributed by atoms with E-state index in [1.54, 1.807) is 12.1 Å². The Morgan fingerprint density at radius 1 is 1.10 bits per heavy atom. The summed E-state index contributed by atoms with van der Waals surface area (Å²) in [5, 5.41) is 22.1. The van der Waals surface area contributed by atoms with Crippen LogP contribution in [0, 0.1) is 22.7 Å². The van der Waals surface area contributed by atoms with E-state index < -0.39 is 0 Å². The SMILES string of the molecule is CCC(Nc1ccc(C#N)c(C#N)c1)c1cccc(Cl)c1. The van der Waals surface area contributed by atoms with Crippen LogP contribution in [0.25, 0.3) is 0 Å². The fourth-order valence-electron chi connectivity index (χ4n) is 2.17. The van der Waals surface area contributed by atoms with E-state index in [-0.39, 0.29) is 6.04 Å². The first-order chi connectivity index (χ1) is 10.2. The molecule has 0 spiro atoms. The molecule has 0 heterocycles. The van der Waals surface area contributed by atoms with Gasteiger partial charge in [0.05, 0.1) is 17.2 Å². The van der Waals surface area contributed by atoms with E-state index in [2.05, 4.69) is 12.2 Å². The Morgan fingerprint density at radius 2 is 1.86 bits per heavy atom. The minimum Gasteiger partial charge on any atom is -0.378 e. The van der Waals surface area contributed by atoms with Crippen molar-refractivity contribution in [1.82, 2.24) is 0 Å². The quantitative estimate of drug-likeness (QED) is 0.893. The highest BCUT2D eigenvalue weighted by molar-refractivity contribution is 6.30. The summed E-state index contributed by atoms with van der Waals surface area (Å²) >= 11 is 6.03. The van der Waals surface area contributed by atoms with Crippen LogP contribution in [-0.2, 0) is 0 Å². The van der Waals surface area contributed by atoms with Crippen molar-refractivity contribution in [2.45, 2.75) is 19.4 Å². The monoisotopic (exact) mass is 295 g/mol. The van der Waals surface area contributed by atoms with Crippen LogP contribution >= 0.6 is 11.6 Å². The predicted molar refractivity (Wildman–Crippen MR) is 84.0 cm³/mol. The number of rotatable bonds is 4. The van der Waals surface area contributed by atoms with E-state index >= 15 is 0 Å². The summed E-state index contributed by atoms with van der Waals surface area (Å²) < 4.78 is 0. The molecule has 2 aromatic carbocycles. The van der Waals surface area contributed by atoms with Gasteiger partial charge in [0.2, 0.25) is 0 Å². The fraction of sp³-hybridized carbons (Fsp3) is 0.176. The van der Waals surface area contributed by atoms with Crippen LogP contribution in [0.1, 0.15) is 36.1 Å². The molecule has 0 aromatic heterocycles. The lowest BCUT2D eigenvalue weighted by molar-refractivity contribution is 0.749. The van der Waals surface area contributed by atoms with E-state index in [9.17, 15) is 0 Å². The van der Waals surface area contributed by atoms with E-state index in [1.807, 2.05) is 42.5 Å². The summed E-state index contributed by atoms with van der Waals surface area (Å²) in [6, 6.07) is 17.0. The Bertz CT molecular complexity index is 726. The number of anilines is 1. The molecule has 0 saturated heterocycles. The molecule has 3 nitrogen and oxygen atoms in total. The number of nitrogens with one attached hydrogen (secondary N) is 1. The molecule has 1 N–H and O–H groups in total. The molecule has 0 saturated carbocycles. The lowest BCUT2D eigenvalue weighted by atomic mass is 10.0. The van der Waals surface area contributed by atoms with Crippen molar-refractivity contribution < 1.29 is 0 Å². The van der Waals surface area contributed by atoms with Crippen LogP contribution < -0.4 is 5.32 Å². The minimum atomic E-state index is 0.100. The minimum absolute atomic E-state index is 0.100. The number of halogens is 1. The first-order valence-electron chi connectivity index (χ1n) is 6.64. The zero-order chi connectivity index (χ0) is 15.2. The van der Waals surface area contributed by atoms with Crippen molar-refractivity contribution >= 4 is 17.3 Å². The second kappa shape index (κ2) is 6.79. The molecule has 0 aliphatic carbocycles. The molecule has 4 heteroatoms. The summed E-state index contributed by atoms with van der Waals surface area (Å²) in [7, 11) is 0. The Labute approximate surface area is 129 Å².